The minimum Gasteiger partial charge on any atom is -0.439 e. The molecule has 0 unspecified atom stereocenters. The number of methoxy groups -OCH3 is 1. The largest absolute Gasteiger partial charge is 0.439 e. The summed E-state index contributed by atoms with van der Waals surface area (Å²) in [6, 6.07) is 10.1. The number of aryl methyl sites for hydroxylation is 1. The van der Waals surface area contributed by atoms with Crippen molar-refractivity contribution >= 4 is 17.6 Å². The highest BCUT2D eigenvalue weighted by Crippen LogP contribution is 2.68. The average molecular weight is 367 g/mol. The van der Waals surface area contributed by atoms with E-state index in [2.05, 4.69) is 15.6 Å². The zero-order chi connectivity index (χ0) is 19.1. The molecular formula is C20H21N3O4. The Morgan fingerprint density at radius 3 is 2.56 bits per heavy atom. The number of nitrogens with zero attached hydrogens (tertiary/aromatic N) is 1. The van der Waals surface area contributed by atoms with Crippen LogP contribution in [0.1, 0.15) is 24.8 Å². The number of pyridine rings is 1. The van der Waals surface area contributed by atoms with Crippen molar-refractivity contribution in [1.82, 2.24) is 10.3 Å². The molecular weight excluding hydrogens is 346 g/mol. The van der Waals surface area contributed by atoms with Crippen LogP contribution in [0.3, 0.4) is 0 Å². The second kappa shape index (κ2) is 6.35. The van der Waals surface area contributed by atoms with Gasteiger partial charge >= 0.3 is 6.03 Å². The highest BCUT2D eigenvalue weighted by Gasteiger charge is 2.72. The number of amides is 3. The molecule has 0 radical (unpaired) electrons. The Balaban J connectivity index is 1.33. The molecule has 5 rings (SSSR count). The van der Waals surface area contributed by atoms with Gasteiger partial charge in [-0.2, -0.15) is 0 Å². The molecule has 140 valence electrons. The minimum absolute atomic E-state index is 0.131. The lowest BCUT2D eigenvalue weighted by Gasteiger charge is -2.67. The molecule has 0 saturated heterocycles. The van der Waals surface area contributed by atoms with Gasteiger partial charge in [-0.15, -0.1) is 0 Å². The smallest absolute Gasteiger partial charge is 0.325 e. The van der Waals surface area contributed by atoms with Gasteiger partial charge in [0.05, 0.1) is 11.0 Å². The number of benzene rings is 1. The number of aromatic nitrogens is 1. The van der Waals surface area contributed by atoms with Gasteiger partial charge in [0.2, 0.25) is 11.8 Å². The fourth-order valence-corrected chi connectivity index (χ4v) is 3.91. The Kier molecular flexibility index (Phi) is 4.11. The maximum atomic E-state index is 12.3. The Labute approximate surface area is 157 Å². The molecule has 2 aromatic rings. The highest BCUT2D eigenvalue weighted by atomic mass is 16.5. The van der Waals surface area contributed by atoms with Gasteiger partial charge in [0, 0.05) is 25.1 Å². The molecule has 2 bridgehead atoms. The summed E-state index contributed by atoms with van der Waals surface area (Å²) in [5.74, 6) is 0.914. The second-order valence-corrected chi connectivity index (χ2v) is 7.36. The SMILES string of the molecule is COC12CC(C(=O)NC(=O)Nc3ccc(Oc4ccccn4)c(C)c3)(C1)C2. The quantitative estimate of drug-likeness (QED) is 0.845. The number of hydrogen-bond donors (Lipinski definition) is 2. The van der Waals surface area contributed by atoms with E-state index >= 15 is 0 Å². The summed E-state index contributed by atoms with van der Waals surface area (Å²) >= 11 is 0. The molecule has 3 aliphatic carbocycles. The van der Waals surface area contributed by atoms with E-state index in [0.717, 1.165) is 5.56 Å². The van der Waals surface area contributed by atoms with E-state index < -0.39 is 11.4 Å². The van der Waals surface area contributed by atoms with Gasteiger partial charge in [-0.25, -0.2) is 9.78 Å². The van der Waals surface area contributed by atoms with Crippen LogP contribution in [0.2, 0.25) is 0 Å². The Hall–Kier alpha value is -2.93. The Morgan fingerprint density at radius 1 is 1.15 bits per heavy atom. The topological polar surface area (TPSA) is 89.5 Å². The van der Waals surface area contributed by atoms with Crippen LogP contribution < -0.4 is 15.4 Å². The molecule has 0 atom stereocenters. The standard InChI is InChI=1S/C20H21N3O4/c1-13-9-14(6-7-15(13)27-16-5-3-4-8-21-16)22-18(25)23-17(24)19-10-20(11-19,12-19)26-2/h3-9H,10-12H2,1-2H3,(H2,22,23,24,25). The van der Waals surface area contributed by atoms with Crippen molar-refractivity contribution in [2.45, 2.75) is 31.8 Å². The van der Waals surface area contributed by atoms with Crippen LogP contribution in [0.15, 0.2) is 42.6 Å². The van der Waals surface area contributed by atoms with E-state index in [0.29, 0.717) is 36.6 Å². The van der Waals surface area contributed by atoms with Crippen molar-refractivity contribution in [3.8, 4) is 11.6 Å². The molecule has 3 saturated carbocycles. The lowest BCUT2D eigenvalue weighted by atomic mass is 9.41. The summed E-state index contributed by atoms with van der Waals surface area (Å²) in [5, 5.41) is 5.13. The first-order chi connectivity index (χ1) is 12.9. The van der Waals surface area contributed by atoms with Crippen molar-refractivity contribution < 1.29 is 19.1 Å². The number of urea groups is 1. The summed E-state index contributed by atoms with van der Waals surface area (Å²) < 4.78 is 11.1. The van der Waals surface area contributed by atoms with Crippen LogP contribution in [-0.2, 0) is 9.53 Å². The normalized spacial score (nSPS) is 25.0. The molecule has 27 heavy (non-hydrogen) atoms. The molecule has 1 aromatic carbocycles. The fraction of sp³-hybridized carbons (Fsp3) is 0.350. The maximum absolute atomic E-state index is 12.3. The summed E-state index contributed by atoms with van der Waals surface area (Å²) in [5.41, 5.74) is 0.862. The predicted octanol–water partition coefficient (Wildman–Crippen LogP) is 3.40. The monoisotopic (exact) mass is 367 g/mol. The molecule has 3 amide bonds. The van der Waals surface area contributed by atoms with Gasteiger partial charge in [-0.1, -0.05) is 6.07 Å². The molecule has 1 aromatic heterocycles. The zero-order valence-electron chi connectivity index (χ0n) is 15.2. The number of rotatable bonds is 5. The van der Waals surface area contributed by atoms with Gasteiger partial charge in [0.1, 0.15) is 5.75 Å². The van der Waals surface area contributed by atoms with E-state index in [4.69, 9.17) is 9.47 Å². The lowest BCUT2D eigenvalue weighted by Crippen LogP contribution is -2.73. The van der Waals surface area contributed by atoms with E-state index in [-0.39, 0.29) is 11.5 Å². The highest BCUT2D eigenvalue weighted by molar-refractivity contribution is 6.04. The zero-order valence-corrected chi connectivity index (χ0v) is 15.2. The van der Waals surface area contributed by atoms with Crippen LogP contribution >= 0.6 is 0 Å². The summed E-state index contributed by atoms with van der Waals surface area (Å²) in [6.07, 6.45) is 3.72. The van der Waals surface area contributed by atoms with Crippen molar-refractivity contribution in [1.29, 1.82) is 0 Å². The predicted molar refractivity (Wildman–Crippen MR) is 98.7 cm³/mol. The summed E-state index contributed by atoms with van der Waals surface area (Å²) in [4.78, 5) is 28.6. The third kappa shape index (κ3) is 3.14. The number of hydrogen-bond acceptors (Lipinski definition) is 5. The molecule has 0 aliphatic heterocycles. The van der Waals surface area contributed by atoms with E-state index in [9.17, 15) is 9.59 Å². The number of nitrogens with one attached hydrogen (secondary N) is 2. The molecule has 0 spiro atoms. The molecule has 3 aliphatic rings. The van der Waals surface area contributed by atoms with Crippen LogP contribution in [0, 0.1) is 12.3 Å². The van der Waals surface area contributed by atoms with Gasteiger partial charge < -0.3 is 14.8 Å². The van der Waals surface area contributed by atoms with Crippen molar-refractivity contribution in [2.75, 3.05) is 12.4 Å². The van der Waals surface area contributed by atoms with Gasteiger partial charge in [-0.3, -0.25) is 10.1 Å². The van der Waals surface area contributed by atoms with Crippen molar-refractivity contribution in [3.63, 3.8) is 0 Å². The Morgan fingerprint density at radius 2 is 1.93 bits per heavy atom. The fourth-order valence-electron chi connectivity index (χ4n) is 3.91. The number of imide groups is 1. The minimum atomic E-state index is -0.533. The van der Waals surface area contributed by atoms with Gasteiger partial charge in [0.25, 0.3) is 0 Å². The van der Waals surface area contributed by atoms with Crippen molar-refractivity contribution in [2.24, 2.45) is 5.41 Å². The first kappa shape index (κ1) is 17.5. The third-order valence-electron chi connectivity index (χ3n) is 5.41. The van der Waals surface area contributed by atoms with E-state index in [1.807, 2.05) is 19.1 Å². The first-order valence-corrected chi connectivity index (χ1v) is 8.81. The van der Waals surface area contributed by atoms with Crippen LogP contribution in [-0.4, -0.2) is 29.6 Å². The maximum Gasteiger partial charge on any atom is 0.325 e. The number of ether oxygens (including phenoxy) is 2. The second-order valence-electron chi connectivity index (χ2n) is 7.36. The molecule has 7 nitrogen and oxygen atoms in total. The third-order valence-corrected chi connectivity index (χ3v) is 5.41. The van der Waals surface area contributed by atoms with Gasteiger partial charge in [-0.05, 0) is 56.0 Å². The van der Waals surface area contributed by atoms with Crippen LogP contribution in [0.25, 0.3) is 0 Å². The van der Waals surface area contributed by atoms with E-state index in [1.165, 1.54) is 0 Å². The van der Waals surface area contributed by atoms with Crippen LogP contribution in [0.5, 0.6) is 11.6 Å². The molecule has 1 heterocycles. The number of carbonyl (C=O) groups is 2. The van der Waals surface area contributed by atoms with E-state index in [1.54, 1.807) is 37.6 Å². The summed E-state index contributed by atoms with van der Waals surface area (Å²) in [7, 11) is 1.66. The summed E-state index contributed by atoms with van der Waals surface area (Å²) in [6.45, 7) is 1.87. The average Bonchev–Trinajstić information content (AvgIpc) is 2.56. The molecule has 7 heteroatoms. The number of carbonyl (C=O) groups excluding carboxylic acids is 2. The van der Waals surface area contributed by atoms with Crippen LogP contribution in [0.4, 0.5) is 10.5 Å². The number of anilines is 1. The lowest BCUT2D eigenvalue weighted by molar-refractivity contribution is -0.262. The molecule has 3 fully saturated rings. The molecule has 2 N–H and O–H groups in total. The first-order valence-electron chi connectivity index (χ1n) is 8.81. The van der Waals surface area contributed by atoms with Gasteiger partial charge in [0.15, 0.2) is 0 Å². The van der Waals surface area contributed by atoms with Crippen molar-refractivity contribution in [3.05, 3.63) is 48.2 Å². The Bertz CT molecular complexity index is 878.